The van der Waals surface area contributed by atoms with Crippen LogP contribution in [0.1, 0.15) is 48.1 Å². The molecule has 1 unspecified atom stereocenters. The summed E-state index contributed by atoms with van der Waals surface area (Å²) in [5, 5.41) is 5.51. The zero-order chi connectivity index (χ0) is 20.9. The molecule has 0 radical (unpaired) electrons. The Morgan fingerprint density at radius 3 is 2.72 bits per heavy atom. The second-order valence-corrected chi connectivity index (χ2v) is 7.16. The molecule has 1 aromatic carbocycles. The summed E-state index contributed by atoms with van der Waals surface area (Å²) in [4.78, 5) is 16.1. The van der Waals surface area contributed by atoms with Gasteiger partial charge in [0.05, 0.1) is 6.04 Å². The maximum absolute atomic E-state index is 12.4. The molecule has 29 heavy (non-hydrogen) atoms. The van der Waals surface area contributed by atoms with Crippen molar-refractivity contribution >= 4 is 6.03 Å². The minimum Gasteiger partial charge on any atom is -0.468 e. The number of amides is 2. The Morgan fingerprint density at radius 2 is 1.97 bits per heavy atom. The second-order valence-electron chi connectivity index (χ2n) is 7.16. The van der Waals surface area contributed by atoms with Crippen molar-refractivity contribution in [1.29, 1.82) is 0 Å². The van der Waals surface area contributed by atoms with Crippen molar-refractivity contribution in [2.45, 2.75) is 51.4 Å². The zero-order valence-corrected chi connectivity index (χ0v) is 16.2. The zero-order valence-electron chi connectivity index (χ0n) is 16.2. The third-order valence-electron chi connectivity index (χ3n) is 4.88. The molecule has 2 amide bonds. The standard InChI is InChI=1S/C21H24F3N3O2/c1-14(16-9-8-15-5-2-3-6-17(15)11-16)27-20(28)26-12-18-7-4-10-25-19(18)29-13-21(22,23)24/h4,7-11,14H,2-3,5-6,12-13H2,1H3,(H2,26,27,28). The van der Waals surface area contributed by atoms with Crippen molar-refractivity contribution in [2.24, 2.45) is 0 Å². The first-order valence-electron chi connectivity index (χ1n) is 9.61. The van der Waals surface area contributed by atoms with Crippen LogP contribution < -0.4 is 15.4 Å². The Hall–Kier alpha value is -2.77. The maximum Gasteiger partial charge on any atom is 0.422 e. The van der Waals surface area contributed by atoms with Gasteiger partial charge in [-0.05, 0) is 55.4 Å². The summed E-state index contributed by atoms with van der Waals surface area (Å²) in [6, 6.07) is 8.82. The molecule has 8 heteroatoms. The van der Waals surface area contributed by atoms with Gasteiger partial charge in [-0.3, -0.25) is 0 Å². The predicted molar refractivity (Wildman–Crippen MR) is 103 cm³/mol. The minimum atomic E-state index is -4.45. The number of carbonyl (C=O) groups excluding carboxylic acids is 1. The molecular weight excluding hydrogens is 383 g/mol. The number of nitrogens with zero attached hydrogens (tertiary/aromatic N) is 1. The molecule has 3 rings (SSSR count). The van der Waals surface area contributed by atoms with Crippen LogP contribution in [0.4, 0.5) is 18.0 Å². The number of ether oxygens (including phenoxy) is 1. The quantitative estimate of drug-likeness (QED) is 0.743. The SMILES string of the molecule is CC(NC(=O)NCc1cccnc1OCC(F)(F)F)c1ccc2c(c1)CCCC2. The van der Waals surface area contributed by atoms with Gasteiger partial charge in [-0.15, -0.1) is 0 Å². The van der Waals surface area contributed by atoms with E-state index in [2.05, 4.69) is 27.8 Å². The summed E-state index contributed by atoms with van der Waals surface area (Å²) in [7, 11) is 0. The van der Waals surface area contributed by atoms with Crippen LogP contribution in [0.2, 0.25) is 0 Å². The summed E-state index contributed by atoms with van der Waals surface area (Å²) >= 11 is 0. The van der Waals surface area contributed by atoms with E-state index in [1.165, 1.54) is 30.2 Å². The highest BCUT2D eigenvalue weighted by Gasteiger charge is 2.29. The van der Waals surface area contributed by atoms with Gasteiger partial charge >= 0.3 is 12.2 Å². The average Bonchev–Trinajstić information content (AvgIpc) is 2.70. The summed E-state index contributed by atoms with van der Waals surface area (Å²) < 4.78 is 41.8. The fraction of sp³-hybridized carbons (Fsp3) is 0.429. The fourth-order valence-corrected chi connectivity index (χ4v) is 3.37. The molecule has 0 fully saturated rings. The van der Waals surface area contributed by atoms with E-state index in [1.807, 2.05) is 13.0 Å². The number of hydrogen-bond donors (Lipinski definition) is 2. The number of aryl methyl sites for hydroxylation is 2. The molecule has 1 aliphatic rings. The molecule has 1 heterocycles. The third-order valence-corrected chi connectivity index (χ3v) is 4.88. The number of benzene rings is 1. The Labute approximate surface area is 167 Å². The number of halogens is 3. The van der Waals surface area contributed by atoms with Gasteiger partial charge in [0.25, 0.3) is 0 Å². The Bertz CT molecular complexity index is 855. The van der Waals surface area contributed by atoms with Crippen LogP contribution in [0.5, 0.6) is 5.88 Å². The van der Waals surface area contributed by atoms with Crippen molar-refractivity contribution in [3.05, 3.63) is 58.8 Å². The van der Waals surface area contributed by atoms with Crippen LogP contribution in [-0.4, -0.2) is 23.8 Å². The summed E-state index contributed by atoms with van der Waals surface area (Å²) in [5.41, 5.74) is 4.11. The van der Waals surface area contributed by atoms with Gasteiger partial charge in [-0.2, -0.15) is 13.2 Å². The predicted octanol–water partition coefficient (Wildman–Crippen LogP) is 4.46. The fourth-order valence-electron chi connectivity index (χ4n) is 3.37. The highest BCUT2D eigenvalue weighted by Crippen LogP contribution is 2.25. The first-order chi connectivity index (χ1) is 13.8. The molecule has 1 aromatic heterocycles. The van der Waals surface area contributed by atoms with Gasteiger partial charge in [-0.1, -0.05) is 24.3 Å². The lowest BCUT2D eigenvalue weighted by molar-refractivity contribution is -0.154. The van der Waals surface area contributed by atoms with Crippen molar-refractivity contribution < 1.29 is 22.7 Å². The first kappa shape index (κ1) is 21.0. The Kier molecular flexibility index (Phi) is 6.61. The minimum absolute atomic E-state index is 0.00374. The van der Waals surface area contributed by atoms with E-state index in [4.69, 9.17) is 4.74 Å². The van der Waals surface area contributed by atoms with Crippen molar-refractivity contribution in [2.75, 3.05) is 6.61 Å². The maximum atomic E-state index is 12.4. The lowest BCUT2D eigenvalue weighted by Gasteiger charge is -2.20. The van der Waals surface area contributed by atoms with Crippen LogP contribution in [-0.2, 0) is 19.4 Å². The monoisotopic (exact) mass is 407 g/mol. The number of alkyl halides is 3. The van der Waals surface area contributed by atoms with Gasteiger partial charge < -0.3 is 15.4 Å². The third kappa shape index (κ3) is 6.10. The lowest BCUT2D eigenvalue weighted by Crippen LogP contribution is -2.36. The topological polar surface area (TPSA) is 63.2 Å². The number of aromatic nitrogens is 1. The molecule has 0 aliphatic heterocycles. The number of urea groups is 1. The number of carbonyl (C=O) groups is 1. The van der Waals surface area contributed by atoms with Crippen LogP contribution in [0.3, 0.4) is 0 Å². The molecule has 156 valence electrons. The number of nitrogens with one attached hydrogen (secondary N) is 2. The van der Waals surface area contributed by atoms with Crippen molar-refractivity contribution in [3.8, 4) is 5.88 Å². The van der Waals surface area contributed by atoms with E-state index in [-0.39, 0.29) is 18.5 Å². The van der Waals surface area contributed by atoms with Crippen LogP contribution in [0.25, 0.3) is 0 Å². The van der Waals surface area contributed by atoms with E-state index in [9.17, 15) is 18.0 Å². The Morgan fingerprint density at radius 1 is 1.21 bits per heavy atom. The number of hydrogen-bond acceptors (Lipinski definition) is 3. The van der Waals surface area contributed by atoms with E-state index >= 15 is 0 Å². The summed E-state index contributed by atoms with van der Waals surface area (Å²) in [6.45, 7) is 0.467. The van der Waals surface area contributed by atoms with Crippen molar-refractivity contribution in [3.63, 3.8) is 0 Å². The number of fused-ring (bicyclic) bond motifs is 1. The molecule has 1 atom stereocenters. The summed E-state index contributed by atoms with van der Waals surface area (Å²) in [5.74, 6) is -0.145. The van der Waals surface area contributed by atoms with Crippen LogP contribution >= 0.6 is 0 Å². The van der Waals surface area contributed by atoms with Crippen LogP contribution in [0, 0.1) is 0 Å². The van der Waals surface area contributed by atoms with Crippen molar-refractivity contribution in [1.82, 2.24) is 15.6 Å². The van der Waals surface area contributed by atoms with E-state index in [0.717, 1.165) is 18.4 Å². The molecule has 0 spiro atoms. The highest BCUT2D eigenvalue weighted by atomic mass is 19.4. The molecule has 5 nitrogen and oxygen atoms in total. The molecule has 0 saturated carbocycles. The average molecular weight is 407 g/mol. The molecule has 2 N–H and O–H groups in total. The highest BCUT2D eigenvalue weighted by molar-refractivity contribution is 5.74. The normalized spacial score (nSPS) is 14.6. The Balaban J connectivity index is 1.55. The van der Waals surface area contributed by atoms with E-state index in [1.54, 1.807) is 12.1 Å². The molecule has 2 aromatic rings. The lowest BCUT2D eigenvalue weighted by atomic mass is 9.89. The number of rotatable bonds is 6. The second kappa shape index (κ2) is 9.15. The molecule has 1 aliphatic carbocycles. The summed E-state index contributed by atoms with van der Waals surface area (Å²) in [6.07, 6.45) is 1.44. The van der Waals surface area contributed by atoms with Gasteiger partial charge in [0.1, 0.15) is 0 Å². The van der Waals surface area contributed by atoms with Gasteiger partial charge in [0, 0.05) is 18.3 Å². The van der Waals surface area contributed by atoms with Gasteiger partial charge in [0.2, 0.25) is 5.88 Å². The van der Waals surface area contributed by atoms with E-state index < -0.39 is 18.8 Å². The van der Waals surface area contributed by atoms with Gasteiger partial charge in [-0.25, -0.2) is 9.78 Å². The van der Waals surface area contributed by atoms with E-state index in [0.29, 0.717) is 5.56 Å². The van der Waals surface area contributed by atoms with Gasteiger partial charge in [0.15, 0.2) is 6.61 Å². The van der Waals surface area contributed by atoms with Crippen LogP contribution in [0.15, 0.2) is 36.5 Å². The molecule has 0 saturated heterocycles. The molecular formula is C21H24F3N3O2. The smallest absolute Gasteiger partial charge is 0.422 e. The first-order valence-corrected chi connectivity index (χ1v) is 9.61. The largest absolute Gasteiger partial charge is 0.468 e. The number of pyridine rings is 1. The molecule has 0 bridgehead atoms.